The number of sulfonamides is 1. The number of carboxylic acids is 1. The van der Waals surface area contributed by atoms with Crippen LogP contribution in [0.2, 0.25) is 0 Å². The molecule has 27 heavy (non-hydrogen) atoms. The maximum Gasteiger partial charge on any atom is 0.243 e. The predicted molar refractivity (Wildman–Crippen MR) is 98.1 cm³/mol. The van der Waals surface area contributed by atoms with Crippen molar-refractivity contribution >= 4 is 27.6 Å². The lowest BCUT2D eigenvalue weighted by Gasteiger charge is -2.31. The van der Waals surface area contributed by atoms with Crippen LogP contribution < -0.4 is 10.4 Å². The third-order valence-corrected chi connectivity index (χ3v) is 7.39. The van der Waals surface area contributed by atoms with Crippen molar-refractivity contribution in [3.63, 3.8) is 0 Å². The smallest absolute Gasteiger partial charge is 0.243 e. The summed E-state index contributed by atoms with van der Waals surface area (Å²) in [5, 5.41) is 14.0. The number of aliphatic carboxylic acids is 1. The number of benzene rings is 1. The molecule has 8 heteroatoms. The molecule has 0 radical (unpaired) electrons. The average Bonchev–Trinajstić information content (AvgIpc) is 2.69. The van der Waals surface area contributed by atoms with Crippen LogP contribution in [0, 0.1) is 11.8 Å². The Morgan fingerprint density at radius 1 is 0.926 bits per heavy atom. The second kappa shape index (κ2) is 8.39. The number of anilines is 1. The van der Waals surface area contributed by atoms with Gasteiger partial charge in [-0.15, -0.1) is 0 Å². The second-order valence-corrected chi connectivity index (χ2v) is 9.23. The number of carboxylic acid groups (broad SMARTS) is 1. The Morgan fingerprint density at radius 2 is 1.52 bits per heavy atom. The molecule has 3 rings (SSSR count). The molecular formula is C19H25N2O5S-. The molecule has 1 saturated heterocycles. The first-order chi connectivity index (χ1) is 12.9. The van der Waals surface area contributed by atoms with E-state index < -0.39 is 27.8 Å². The number of hydrogen-bond donors (Lipinski definition) is 1. The lowest BCUT2D eigenvalue weighted by atomic mass is 9.78. The molecular weight excluding hydrogens is 368 g/mol. The van der Waals surface area contributed by atoms with Crippen LogP contribution in [0.1, 0.15) is 44.9 Å². The van der Waals surface area contributed by atoms with E-state index in [-0.39, 0.29) is 10.8 Å². The molecule has 1 heterocycles. The SMILES string of the molecule is O=C([O-])[C@H]1CCCC[C@H]1C(=O)Nc1ccc(S(=O)(=O)N2CCCCC2)cc1. The normalized spacial score (nSPS) is 24.3. The Balaban J connectivity index is 1.68. The quantitative estimate of drug-likeness (QED) is 0.813. The van der Waals surface area contributed by atoms with Gasteiger partial charge in [0.1, 0.15) is 0 Å². The molecule has 1 N–H and O–H groups in total. The van der Waals surface area contributed by atoms with Gasteiger partial charge in [0, 0.05) is 36.6 Å². The molecule has 0 bridgehead atoms. The molecule has 1 aliphatic carbocycles. The second-order valence-electron chi connectivity index (χ2n) is 7.29. The van der Waals surface area contributed by atoms with Crippen LogP contribution in [-0.2, 0) is 19.6 Å². The van der Waals surface area contributed by atoms with Crippen LogP contribution in [0.4, 0.5) is 5.69 Å². The summed E-state index contributed by atoms with van der Waals surface area (Å²) in [4.78, 5) is 23.9. The minimum Gasteiger partial charge on any atom is -0.550 e. The first-order valence-corrected chi connectivity index (χ1v) is 11.0. The third-order valence-electron chi connectivity index (χ3n) is 5.48. The van der Waals surface area contributed by atoms with Gasteiger partial charge in [-0.05, 0) is 49.9 Å². The Bertz CT molecular complexity index is 785. The molecule has 7 nitrogen and oxygen atoms in total. The van der Waals surface area contributed by atoms with Gasteiger partial charge in [-0.2, -0.15) is 4.31 Å². The maximum absolute atomic E-state index is 12.7. The lowest BCUT2D eigenvalue weighted by Crippen LogP contribution is -2.42. The van der Waals surface area contributed by atoms with Crippen LogP contribution in [0.5, 0.6) is 0 Å². The molecule has 0 unspecified atom stereocenters. The fourth-order valence-corrected chi connectivity index (χ4v) is 5.44. The van der Waals surface area contributed by atoms with Gasteiger partial charge in [0.25, 0.3) is 0 Å². The molecule has 1 aliphatic heterocycles. The van der Waals surface area contributed by atoms with E-state index in [1.807, 2.05) is 0 Å². The maximum atomic E-state index is 12.7. The van der Waals surface area contributed by atoms with E-state index >= 15 is 0 Å². The fourth-order valence-electron chi connectivity index (χ4n) is 3.93. The van der Waals surface area contributed by atoms with E-state index in [0.29, 0.717) is 31.6 Å². The summed E-state index contributed by atoms with van der Waals surface area (Å²) in [5.74, 6) is -2.91. The third kappa shape index (κ3) is 4.50. The van der Waals surface area contributed by atoms with Gasteiger partial charge in [0.2, 0.25) is 15.9 Å². The van der Waals surface area contributed by atoms with Crippen LogP contribution in [0.25, 0.3) is 0 Å². The Kier molecular flexibility index (Phi) is 6.16. The summed E-state index contributed by atoms with van der Waals surface area (Å²) in [7, 11) is -3.51. The number of piperidine rings is 1. The zero-order chi connectivity index (χ0) is 19.4. The van der Waals surface area contributed by atoms with Gasteiger partial charge < -0.3 is 15.2 Å². The van der Waals surface area contributed by atoms with Crippen molar-refractivity contribution in [3.05, 3.63) is 24.3 Å². The van der Waals surface area contributed by atoms with Crippen molar-refractivity contribution < 1.29 is 23.1 Å². The van der Waals surface area contributed by atoms with E-state index in [0.717, 1.165) is 32.1 Å². The highest BCUT2D eigenvalue weighted by Crippen LogP contribution is 2.31. The minimum atomic E-state index is -3.51. The lowest BCUT2D eigenvalue weighted by molar-refractivity contribution is -0.313. The highest BCUT2D eigenvalue weighted by atomic mass is 32.2. The first-order valence-electron chi connectivity index (χ1n) is 9.51. The monoisotopic (exact) mass is 393 g/mol. The van der Waals surface area contributed by atoms with Crippen LogP contribution in [0.3, 0.4) is 0 Å². The van der Waals surface area contributed by atoms with Crippen molar-refractivity contribution in [1.29, 1.82) is 0 Å². The van der Waals surface area contributed by atoms with E-state index in [2.05, 4.69) is 5.32 Å². The Morgan fingerprint density at radius 3 is 2.11 bits per heavy atom. The summed E-state index contributed by atoms with van der Waals surface area (Å²) >= 11 is 0. The zero-order valence-corrected chi connectivity index (χ0v) is 16.0. The van der Waals surface area contributed by atoms with Gasteiger partial charge in [-0.1, -0.05) is 19.3 Å². The summed E-state index contributed by atoms with van der Waals surface area (Å²) in [6, 6.07) is 6.06. The Hall–Kier alpha value is -1.93. The van der Waals surface area contributed by atoms with Crippen molar-refractivity contribution in [2.24, 2.45) is 11.8 Å². The molecule has 0 aromatic heterocycles. The predicted octanol–water partition coefficient (Wildman–Crippen LogP) is 1.36. The molecule has 148 valence electrons. The van der Waals surface area contributed by atoms with Gasteiger partial charge >= 0.3 is 0 Å². The molecule has 1 amide bonds. The van der Waals surface area contributed by atoms with Crippen molar-refractivity contribution in [2.45, 2.75) is 49.8 Å². The molecule has 1 aromatic carbocycles. The minimum absolute atomic E-state index is 0.202. The number of carbonyl (C=O) groups is 2. The van der Waals surface area contributed by atoms with Crippen molar-refractivity contribution in [3.8, 4) is 0 Å². The van der Waals surface area contributed by atoms with Crippen LogP contribution in [0.15, 0.2) is 29.2 Å². The van der Waals surface area contributed by atoms with Crippen LogP contribution >= 0.6 is 0 Å². The number of rotatable bonds is 5. The average molecular weight is 393 g/mol. The number of hydrogen-bond acceptors (Lipinski definition) is 5. The fraction of sp³-hybridized carbons (Fsp3) is 0.579. The molecule has 1 saturated carbocycles. The topological polar surface area (TPSA) is 107 Å². The van der Waals surface area contributed by atoms with E-state index in [1.54, 1.807) is 12.1 Å². The molecule has 1 aromatic rings. The summed E-state index contributed by atoms with van der Waals surface area (Å²) in [6.07, 6.45) is 5.35. The van der Waals surface area contributed by atoms with Gasteiger partial charge in [-0.25, -0.2) is 8.42 Å². The highest BCUT2D eigenvalue weighted by molar-refractivity contribution is 7.89. The summed E-state index contributed by atoms with van der Waals surface area (Å²) in [6.45, 7) is 1.07. The Labute approximate surface area is 159 Å². The van der Waals surface area contributed by atoms with Gasteiger partial charge in [0.05, 0.1) is 4.90 Å². The van der Waals surface area contributed by atoms with E-state index in [9.17, 15) is 23.1 Å². The van der Waals surface area contributed by atoms with Crippen molar-refractivity contribution in [2.75, 3.05) is 18.4 Å². The number of nitrogens with zero attached hydrogens (tertiary/aromatic N) is 1. The molecule has 2 fully saturated rings. The number of nitrogens with one attached hydrogen (secondary N) is 1. The zero-order valence-electron chi connectivity index (χ0n) is 15.2. The summed E-state index contributed by atoms with van der Waals surface area (Å²) in [5.41, 5.74) is 0.459. The molecule has 0 spiro atoms. The molecule has 2 atom stereocenters. The number of carbonyl (C=O) groups excluding carboxylic acids is 2. The number of amides is 1. The largest absolute Gasteiger partial charge is 0.550 e. The van der Waals surface area contributed by atoms with Gasteiger partial charge in [0.15, 0.2) is 0 Å². The van der Waals surface area contributed by atoms with Crippen molar-refractivity contribution in [1.82, 2.24) is 4.31 Å². The standard InChI is InChI=1S/C19H26N2O5S/c22-18(16-6-2-3-7-17(16)19(23)24)20-14-8-10-15(11-9-14)27(25,26)21-12-4-1-5-13-21/h8-11,16-17H,1-7,12-13H2,(H,20,22)(H,23,24)/p-1/t16-,17+/m1/s1. The molecule has 2 aliphatic rings. The van der Waals surface area contributed by atoms with E-state index in [1.165, 1.54) is 16.4 Å². The highest BCUT2D eigenvalue weighted by Gasteiger charge is 2.32. The van der Waals surface area contributed by atoms with Gasteiger partial charge in [-0.3, -0.25) is 4.79 Å². The van der Waals surface area contributed by atoms with E-state index in [4.69, 9.17) is 0 Å². The summed E-state index contributed by atoms with van der Waals surface area (Å²) < 4.78 is 26.8. The van der Waals surface area contributed by atoms with Crippen LogP contribution in [-0.4, -0.2) is 37.7 Å². The first kappa shape index (κ1) is 19.8.